The number of aryl methyl sites for hydroxylation is 2. The number of unbranched alkanes of at least 4 members (excludes halogenated alkanes) is 1. The predicted molar refractivity (Wildman–Crippen MR) is 87.3 cm³/mol. The SMILES string of the molecule is ClCCCCN1c2ccccc2CCc2ccccc21. The van der Waals surface area contributed by atoms with Crippen LogP contribution in [0.15, 0.2) is 48.5 Å². The lowest BCUT2D eigenvalue weighted by Crippen LogP contribution is -2.19. The summed E-state index contributed by atoms with van der Waals surface area (Å²) in [5.41, 5.74) is 5.64. The summed E-state index contributed by atoms with van der Waals surface area (Å²) in [6.07, 6.45) is 4.45. The molecular formula is C18H20ClN. The molecule has 20 heavy (non-hydrogen) atoms. The third-order valence-corrected chi connectivity index (χ3v) is 4.26. The van der Waals surface area contributed by atoms with Crippen LogP contribution in [0, 0.1) is 0 Å². The molecule has 0 N–H and O–H groups in total. The Bertz CT molecular complexity index is 532. The van der Waals surface area contributed by atoms with Gasteiger partial charge < -0.3 is 4.90 Å². The molecule has 3 rings (SSSR count). The molecule has 1 nitrogen and oxygen atoms in total. The van der Waals surface area contributed by atoms with Crippen LogP contribution in [-0.4, -0.2) is 12.4 Å². The van der Waals surface area contributed by atoms with Crippen molar-refractivity contribution in [1.82, 2.24) is 0 Å². The molecule has 0 unspecified atom stereocenters. The van der Waals surface area contributed by atoms with Gasteiger partial charge in [-0.2, -0.15) is 0 Å². The van der Waals surface area contributed by atoms with E-state index in [1.165, 1.54) is 22.5 Å². The Labute approximate surface area is 126 Å². The topological polar surface area (TPSA) is 3.24 Å². The second-order valence-corrected chi connectivity index (χ2v) is 5.68. The van der Waals surface area contributed by atoms with Gasteiger partial charge in [-0.25, -0.2) is 0 Å². The van der Waals surface area contributed by atoms with E-state index in [0.29, 0.717) is 0 Å². The second kappa shape index (κ2) is 6.32. The van der Waals surface area contributed by atoms with Crippen LogP contribution in [0.5, 0.6) is 0 Å². The summed E-state index contributed by atoms with van der Waals surface area (Å²) >= 11 is 5.83. The smallest absolute Gasteiger partial charge is 0.0443 e. The van der Waals surface area contributed by atoms with E-state index in [0.717, 1.165) is 38.1 Å². The molecule has 0 aromatic heterocycles. The summed E-state index contributed by atoms with van der Waals surface area (Å²) in [6, 6.07) is 17.6. The van der Waals surface area contributed by atoms with Crippen LogP contribution in [0.2, 0.25) is 0 Å². The molecule has 0 bridgehead atoms. The lowest BCUT2D eigenvalue weighted by atomic mass is 10.0. The van der Waals surface area contributed by atoms with Crippen molar-refractivity contribution in [2.45, 2.75) is 25.7 Å². The van der Waals surface area contributed by atoms with Gasteiger partial charge in [0.2, 0.25) is 0 Å². The highest BCUT2D eigenvalue weighted by Gasteiger charge is 2.19. The van der Waals surface area contributed by atoms with E-state index in [-0.39, 0.29) is 0 Å². The molecule has 0 spiro atoms. The van der Waals surface area contributed by atoms with Crippen LogP contribution in [-0.2, 0) is 12.8 Å². The predicted octanol–water partition coefficient (Wildman–Crippen LogP) is 4.94. The maximum atomic E-state index is 5.83. The van der Waals surface area contributed by atoms with Gasteiger partial charge in [-0.15, -0.1) is 11.6 Å². The van der Waals surface area contributed by atoms with Gasteiger partial charge in [0.05, 0.1) is 0 Å². The van der Waals surface area contributed by atoms with Gasteiger partial charge in [0.1, 0.15) is 0 Å². The fraction of sp³-hybridized carbons (Fsp3) is 0.333. The molecule has 0 fully saturated rings. The van der Waals surface area contributed by atoms with Gasteiger partial charge in [-0.1, -0.05) is 36.4 Å². The van der Waals surface area contributed by atoms with Crippen molar-refractivity contribution in [3.05, 3.63) is 59.7 Å². The van der Waals surface area contributed by atoms with Crippen LogP contribution in [0.1, 0.15) is 24.0 Å². The molecule has 0 saturated carbocycles. The summed E-state index contributed by atoms with van der Waals surface area (Å²) in [5, 5.41) is 0. The third-order valence-electron chi connectivity index (χ3n) is 3.99. The average Bonchev–Trinajstić information content (AvgIpc) is 2.66. The number of nitrogens with zero attached hydrogens (tertiary/aromatic N) is 1. The normalized spacial score (nSPS) is 13.6. The first kappa shape index (κ1) is 13.5. The summed E-state index contributed by atoms with van der Waals surface area (Å²) in [6.45, 7) is 1.04. The quantitative estimate of drug-likeness (QED) is 0.568. The third kappa shape index (κ3) is 2.69. The fourth-order valence-corrected chi connectivity index (χ4v) is 3.16. The Balaban J connectivity index is 2.00. The van der Waals surface area contributed by atoms with Crippen molar-refractivity contribution in [1.29, 1.82) is 0 Å². The number of hydrogen-bond donors (Lipinski definition) is 0. The number of alkyl halides is 1. The van der Waals surface area contributed by atoms with E-state index in [1.54, 1.807) is 0 Å². The number of anilines is 2. The van der Waals surface area contributed by atoms with Crippen LogP contribution in [0.25, 0.3) is 0 Å². The zero-order valence-electron chi connectivity index (χ0n) is 11.7. The zero-order valence-corrected chi connectivity index (χ0v) is 12.4. The molecule has 0 radical (unpaired) electrons. The van der Waals surface area contributed by atoms with Gasteiger partial charge in [-0.3, -0.25) is 0 Å². The lowest BCUT2D eigenvalue weighted by Gasteiger charge is -2.27. The highest BCUT2D eigenvalue weighted by atomic mass is 35.5. The molecule has 0 amide bonds. The van der Waals surface area contributed by atoms with E-state index in [1.807, 2.05) is 0 Å². The molecule has 2 aromatic rings. The molecule has 0 atom stereocenters. The number of benzene rings is 2. The zero-order chi connectivity index (χ0) is 13.8. The highest BCUT2D eigenvalue weighted by molar-refractivity contribution is 6.17. The van der Waals surface area contributed by atoms with Crippen molar-refractivity contribution in [2.24, 2.45) is 0 Å². The van der Waals surface area contributed by atoms with Crippen molar-refractivity contribution in [2.75, 3.05) is 17.3 Å². The molecule has 2 aromatic carbocycles. The first-order chi connectivity index (χ1) is 9.90. The maximum absolute atomic E-state index is 5.83. The minimum absolute atomic E-state index is 0.747. The van der Waals surface area contributed by atoms with E-state index in [4.69, 9.17) is 11.6 Å². The van der Waals surface area contributed by atoms with Crippen LogP contribution in [0.4, 0.5) is 11.4 Å². The van der Waals surface area contributed by atoms with Crippen molar-refractivity contribution in [3.8, 4) is 0 Å². The van der Waals surface area contributed by atoms with Crippen molar-refractivity contribution < 1.29 is 0 Å². The van der Waals surface area contributed by atoms with E-state index in [9.17, 15) is 0 Å². The molecule has 1 aliphatic rings. The maximum Gasteiger partial charge on any atom is 0.0443 e. The Hall–Kier alpha value is -1.47. The first-order valence-electron chi connectivity index (χ1n) is 7.39. The van der Waals surface area contributed by atoms with Gasteiger partial charge in [-0.05, 0) is 48.9 Å². The number of halogens is 1. The van der Waals surface area contributed by atoms with Gasteiger partial charge in [0.15, 0.2) is 0 Å². The molecule has 1 heterocycles. The molecule has 104 valence electrons. The second-order valence-electron chi connectivity index (χ2n) is 5.31. The van der Waals surface area contributed by atoms with E-state index in [2.05, 4.69) is 53.4 Å². The Morgan fingerprint density at radius 3 is 1.90 bits per heavy atom. The van der Waals surface area contributed by atoms with Gasteiger partial charge in [0.25, 0.3) is 0 Å². The number of rotatable bonds is 4. The average molecular weight is 286 g/mol. The molecule has 1 aliphatic heterocycles. The summed E-state index contributed by atoms with van der Waals surface area (Å²) < 4.78 is 0. The standard InChI is InChI=1S/C18H20ClN/c19-13-5-6-14-20-17-9-3-1-7-15(17)11-12-16-8-2-4-10-18(16)20/h1-4,7-10H,5-6,11-14H2. The monoisotopic (exact) mass is 285 g/mol. The largest absolute Gasteiger partial charge is 0.341 e. The minimum Gasteiger partial charge on any atom is -0.341 e. The lowest BCUT2D eigenvalue weighted by molar-refractivity contribution is 0.789. The highest BCUT2D eigenvalue weighted by Crippen LogP contribution is 2.35. The van der Waals surface area contributed by atoms with Gasteiger partial charge >= 0.3 is 0 Å². The van der Waals surface area contributed by atoms with E-state index < -0.39 is 0 Å². The van der Waals surface area contributed by atoms with Crippen molar-refractivity contribution in [3.63, 3.8) is 0 Å². The van der Waals surface area contributed by atoms with Gasteiger partial charge in [0, 0.05) is 23.8 Å². The Morgan fingerprint density at radius 1 is 0.800 bits per heavy atom. The molecule has 2 heteroatoms. The van der Waals surface area contributed by atoms with Crippen LogP contribution in [0.3, 0.4) is 0 Å². The Kier molecular flexibility index (Phi) is 4.27. The summed E-state index contributed by atoms with van der Waals surface area (Å²) in [7, 11) is 0. The minimum atomic E-state index is 0.747. The number of fused-ring (bicyclic) bond motifs is 2. The molecule has 0 saturated heterocycles. The number of hydrogen-bond acceptors (Lipinski definition) is 1. The van der Waals surface area contributed by atoms with Crippen LogP contribution >= 0.6 is 11.6 Å². The van der Waals surface area contributed by atoms with Crippen molar-refractivity contribution >= 4 is 23.0 Å². The van der Waals surface area contributed by atoms with E-state index >= 15 is 0 Å². The molecular weight excluding hydrogens is 266 g/mol. The molecule has 0 aliphatic carbocycles. The summed E-state index contributed by atoms with van der Waals surface area (Å²) in [5.74, 6) is 0.747. The first-order valence-corrected chi connectivity index (χ1v) is 7.93. The Morgan fingerprint density at radius 2 is 1.35 bits per heavy atom. The van der Waals surface area contributed by atoms with Crippen LogP contribution < -0.4 is 4.90 Å². The fourth-order valence-electron chi connectivity index (χ4n) is 2.98. The number of para-hydroxylation sites is 2. The summed E-state index contributed by atoms with van der Waals surface area (Å²) in [4.78, 5) is 2.48.